The number of hydrogen-bond acceptors (Lipinski definition) is 3. The predicted octanol–water partition coefficient (Wildman–Crippen LogP) is 1.15. The molecular weight excluding hydrogens is 212 g/mol. The summed E-state index contributed by atoms with van der Waals surface area (Å²) in [5.74, 6) is 0. The lowest BCUT2D eigenvalue weighted by Crippen LogP contribution is -2.12. The van der Waals surface area contributed by atoms with E-state index in [1.807, 2.05) is 12.1 Å². The highest BCUT2D eigenvalue weighted by Gasteiger charge is 2.35. The zero-order chi connectivity index (χ0) is 11.1. The molecule has 15 heavy (non-hydrogen) atoms. The molecule has 0 amide bonds. The van der Waals surface area contributed by atoms with Crippen LogP contribution in [0, 0.1) is 0 Å². The van der Waals surface area contributed by atoms with Gasteiger partial charge in [-0.15, -0.1) is 0 Å². The molecule has 0 N–H and O–H groups in total. The van der Waals surface area contributed by atoms with E-state index in [4.69, 9.17) is 0 Å². The number of fused-ring (bicyclic) bond motifs is 1. The summed E-state index contributed by atoms with van der Waals surface area (Å²) in [6.45, 7) is 1.71. The molecule has 1 aromatic rings. The van der Waals surface area contributed by atoms with Crippen LogP contribution in [0.25, 0.3) is 0 Å². The van der Waals surface area contributed by atoms with E-state index in [0.717, 1.165) is 11.8 Å². The zero-order valence-corrected chi connectivity index (χ0v) is 9.25. The molecule has 0 bridgehead atoms. The zero-order valence-electron chi connectivity index (χ0n) is 8.43. The number of benzene rings is 1. The molecule has 1 heterocycles. The van der Waals surface area contributed by atoms with Crippen LogP contribution in [-0.4, -0.2) is 20.0 Å². The van der Waals surface area contributed by atoms with Gasteiger partial charge >= 0.3 is 0 Å². The van der Waals surface area contributed by atoms with Crippen molar-refractivity contribution < 1.29 is 13.2 Å². The van der Waals surface area contributed by atoms with Crippen LogP contribution in [0.1, 0.15) is 18.1 Å². The maximum Gasteiger partial charge on any atom is 0.181 e. The molecule has 80 valence electrons. The first-order valence-electron chi connectivity index (χ1n) is 4.85. The summed E-state index contributed by atoms with van der Waals surface area (Å²) in [6.07, 6.45) is 1.48. The van der Waals surface area contributed by atoms with Crippen LogP contribution in [-0.2, 0) is 27.5 Å². The Labute approximate surface area is 89.0 Å². The van der Waals surface area contributed by atoms with Gasteiger partial charge in [0.25, 0.3) is 0 Å². The average Bonchev–Trinajstić information content (AvgIpc) is 2.39. The topological polar surface area (TPSA) is 51.2 Å². The number of aldehydes is 1. The first-order valence-corrected chi connectivity index (χ1v) is 6.40. The van der Waals surface area contributed by atoms with Gasteiger partial charge in [-0.2, -0.15) is 0 Å². The molecule has 1 atom stereocenters. The predicted molar refractivity (Wildman–Crippen MR) is 56.6 cm³/mol. The van der Waals surface area contributed by atoms with Crippen molar-refractivity contribution in [2.24, 2.45) is 0 Å². The van der Waals surface area contributed by atoms with Crippen molar-refractivity contribution in [2.45, 2.75) is 29.9 Å². The Bertz CT molecular complexity index is 503. The summed E-state index contributed by atoms with van der Waals surface area (Å²) >= 11 is 0. The second kappa shape index (κ2) is 3.45. The molecule has 0 aliphatic carbocycles. The minimum Gasteiger partial charge on any atom is -0.303 e. The van der Waals surface area contributed by atoms with Crippen molar-refractivity contribution in [2.75, 3.05) is 0 Å². The fourth-order valence-electron chi connectivity index (χ4n) is 2.04. The molecule has 1 aliphatic rings. The largest absolute Gasteiger partial charge is 0.303 e. The molecule has 0 aromatic heterocycles. The summed E-state index contributed by atoms with van der Waals surface area (Å²) in [5, 5.41) is -0.361. The Morgan fingerprint density at radius 1 is 1.47 bits per heavy atom. The van der Waals surface area contributed by atoms with Gasteiger partial charge in [-0.25, -0.2) is 8.42 Å². The molecule has 1 aromatic carbocycles. The van der Waals surface area contributed by atoms with Crippen molar-refractivity contribution in [3.63, 3.8) is 0 Å². The standard InChI is InChI=1S/C11H12O3S/c1-8-7-10-4-2-3-9(5-6-12)11(10)15(8,13)14/h2-4,6,8H,5,7H2,1H3. The second-order valence-corrected chi connectivity index (χ2v) is 6.14. The van der Waals surface area contributed by atoms with E-state index < -0.39 is 9.84 Å². The Morgan fingerprint density at radius 2 is 2.20 bits per heavy atom. The number of rotatable bonds is 2. The van der Waals surface area contributed by atoms with Gasteiger partial charge in [-0.1, -0.05) is 18.2 Å². The van der Waals surface area contributed by atoms with Crippen molar-refractivity contribution >= 4 is 16.1 Å². The van der Waals surface area contributed by atoms with Crippen molar-refractivity contribution in [3.8, 4) is 0 Å². The molecule has 0 saturated heterocycles. The Kier molecular flexibility index (Phi) is 2.38. The van der Waals surface area contributed by atoms with Gasteiger partial charge < -0.3 is 4.79 Å². The number of carbonyl (C=O) groups excluding carboxylic acids is 1. The fourth-order valence-corrected chi connectivity index (χ4v) is 3.87. The minimum atomic E-state index is -3.20. The molecule has 0 radical (unpaired) electrons. The first-order chi connectivity index (χ1) is 7.07. The highest BCUT2D eigenvalue weighted by atomic mass is 32.2. The van der Waals surface area contributed by atoms with E-state index in [1.54, 1.807) is 13.0 Å². The van der Waals surface area contributed by atoms with E-state index >= 15 is 0 Å². The van der Waals surface area contributed by atoms with Crippen molar-refractivity contribution in [1.82, 2.24) is 0 Å². The molecular formula is C11H12O3S. The lowest BCUT2D eigenvalue weighted by molar-refractivity contribution is -0.107. The van der Waals surface area contributed by atoms with Crippen molar-refractivity contribution in [1.29, 1.82) is 0 Å². The van der Waals surface area contributed by atoms with E-state index in [1.165, 1.54) is 0 Å². The summed E-state index contributed by atoms with van der Waals surface area (Å²) in [4.78, 5) is 10.9. The molecule has 0 fully saturated rings. The quantitative estimate of drug-likeness (QED) is 0.708. The highest BCUT2D eigenvalue weighted by Crippen LogP contribution is 2.33. The van der Waals surface area contributed by atoms with Gasteiger partial charge in [0.05, 0.1) is 10.1 Å². The third kappa shape index (κ3) is 1.49. The van der Waals surface area contributed by atoms with E-state index in [9.17, 15) is 13.2 Å². The molecule has 1 aliphatic heterocycles. The molecule has 2 rings (SSSR count). The van der Waals surface area contributed by atoms with Gasteiger partial charge in [0, 0.05) is 6.42 Å². The third-order valence-electron chi connectivity index (χ3n) is 2.80. The molecule has 4 heteroatoms. The fraction of sp³-hybridized carbons (Fsp3) is 0.364. The van der Waals surface area contributed by atoms with Gasteiger partial charge in [0.1, 0.15) is 6.29 Å². The van der Waals surface area contributed by atoms with Crippen LogP contribution in [0.4, 0.5) is 0 Å². The average molecular weight is 224 g/mol. The van der Waals surface area contributed by atoms with Gasteiger partial charge in [-0.05, 0) is 24.5 Å². The minimum absolute atomic E-state index is 0.176. The summed E-state index contributed by atoms with van der Waals surface area (Å²) in [7, 11) is -3.20. The Balaban J connectivity index is 2.67. The smallest absolute Gasteiger partial charge is 0.181 e. The van der Waals surface area contributed by atoms with Crippen LogP contribution in [0.2, 0.25) is 0 Å². The molecule has 1 unspecified atom stereocenters. The first kappa shape index (κ1) is 10.4. The van der Waals surface area contributed by atoms with Gasteiger partial charge in [-0.3, -0.25) is 0 Å². The number of carbonyl (C=O) groups is 1. The Morgan fingerprint density at radius 3 is 2.87 bits per heavy atom. The van der Waals surface area contributed by atoms with E-state index in [2.05, 4.69) is 0 Å². The molecule has 0 spiro atoms. The molecule has 3 nitrogen and oxygen atoms in total. The lowest BCUT2D eigenvalue weighted by atomic mass is 10.1. The number of sulfone groups is 1. The van der Waals surface area contributed by atoms with Crippen LogP contribution >= 0.6 is 0 Å². The maximum atomic E-state index is 12.0. The van der Waals surface area contributed by atoms with Crippen LogP contribution in [0.5, 0.6) is 0 Å². The van der Waals surface area contributed by atoms with Gasteiger partial charge in [0.2, 0.25) is 0 Å². The molecule has 0 saturated carbocycles. The summed E-state index contributed by atoms with van der Waals surface area (Å²) in [6, 6.07) is 5.35. The summed E-state index contributed by atoms with van der Waals surface area (Å²) in [5.41, 5.74) is 1.48. The van der Waals surface area contributed by atoms with E-state index in [-0.39, 0.29) is 11.7 Å². The highest BCUT2D eigenvalue weighted by molar-refractivity contribution is 7.92. The summed E-state index contributed by atoms with van der Waals surface area (Å²) < 4.78 is 23.9. The maximum absolute atomic E-state index is 12.0. The van der Waals surface area contributed by atoms with Crippen LogP contribution in [0.15, 0.2) is 23.1 Å². The van der Waals surface area contributed by atoms with Crippen LogP contribution < -0.4 is 0 Å². The third-order valence-corrected chi connectivity index (χ3v) is 5.12. The second-order valence-electron chi connectivity index (χ2n) is 3.84. The SMILES string of the molecule is CC1Cc2cccc(CC=O)c2S1(=O)=O. The van der Waals surface area contributed by atoms with Crippen molar-refractivity contribution in [3.05, 3.63) is 29.3 Å². The van der Waals surface area contributed by atoms with E-state index in [0.29, 0.717) is 16.9 Å². The lowest BCUT2D eigenvalue weighted by Gasteiger charge is -2.05. The monoisotopic (exact) mass is 224 g/mol. The van der Waals surface area contributed by atoms with Crippen LogP contribution in [0.3, 0.4) is 0 Å². The number of hydrogen-bond donors (Lipinski definition) is 0. The Hall–Kier alpha value is -1.16. The van der Waals surface area contributed by atoms with Gasteiger partial charge in [0.15, 0.2) is 9.84 Å². The normalized spacial score (nSPS) is 22.3.